The van der Waals surface area contributed by atoms with E-state index in [0.717, 1.165) is 29.4 Å². The van der Waals surface area contributed by atoms with E-state index in [1.807, 2.05) is 13.0 Å². The van der Waals surface area contributed by atoms with Gasteiger partial charge in [0.05, 0.1) is 0 Å². The molecule has 0 radical (unpaired) electrons. The van der Waals surface area contributed by atoms with Gasteiger partial charge in [-0.25, -0.2) is 5.21 Å². The highest BCUT2D eigenvalue weighted by Crippen LogP contribution is 2.12. The molecule has 0 aliphatic rings. The SMILES string of the molecule is CCc1ccc(C=O)cc1[NH2+]O. The van der Waals surface area contributed by atoms with Gasteiger partial charge in [0, 0.05) is 17.2 Å². The van der Waals surface area contributed by atoms with Crippen LogP contribution in [0, 0.1) is 0 Å². The number of nitrogens with two attached hydrogens (primary N) is 1. The minimum Gasteiger partial charge on any atom is -0.298 e. The fourth-order valence-electron chi connectivity index (χ4n) is 1.13. The Morgan fingerprint density at radius 1 is 1.58 bits per heavy atom. The third-order valence-electron chi connectivity index (χ3n) is 1.83. The first-order valence-electron chi connectivity index (χ1n) is 3.87. The highest BCUT2D eigenvalue weighted by Gasteiger charge is 2.04. The van der Waals surface area contributed by atoms with Crippen molar-refractivity contribution in [2.45, 2.75) is 13.3 Å². The van der Waals surface area contributed by atoms with E-state index >= 15 is 0 Å². The van der Waals surface area contributed by atoms with Gasteiger partial charge in [0.25, 0.3) is 0 Å². The topological polar surface area (TPSA) is 53.9 Å². The van der Waals surface area contributed by atoms with E-state index in [1.165, 1.54) is 0 Å². The monoisotopic (exact) mass is 166 g/mol. The smallest absolute Gasteiger partial charge is 0.165 e. The summed E-state index contributed by atoms with van der Waals surface area (Å²) in [4.78, 5) is 10.4. The van der Waals surface area contributed by atoms with Crippen molar-refractivity contribution in [2.75, 3.05) is 0 Å². The van der Waals surface area contributed by atoms with Crippen LogP contribution in [0.2, 0.25) is 0 Å². The fraction of sp³-hybridized carbons (Fsp3) is 0.222. The molecule has 0 unspecified atom stereocenters. The summed E-state index contributed by atoms with van der Waals surface area (Å²) in [5, 5.41) is 8.83. The summed E-state index contributed by atoms with van der Waals surface area (Å²) in [5.74, 6) is 0. The van der Waals surface area contributed by atoms with E-state index < -0.39 is 0 Å². The molecule has 0 bridgehead atoms. The Labute approximate surface area is 71.0 Å². The summed E-state index contributed by atoms with van der Waals surface area (Å²) in [6.07, 6.45) is 1.62. The second kappa shape index (κ2) is 3.99. The van der Waals surface area contributed by atoms with Crippen molar-refractivity contribution in [3.63, 3.8) is 0 Å². The molecule has 0 aliphatic heterocycles. The standard InChI is InChI=1S/C9H11NO2/c1-2-8-4-3-7(6-11)5-9(8)10-12/h3-6,10,12H,2H2,1H3/p+1. The molecule has 1 aromatic carbocycles. The van der Waals surface area contributed by atoms with Crippen molar-refractivity contribution < 1.29 is 15.5 Å². The third-order valence-corrected chi connectivity index (χ3v) is 1.83. The Hall–Kier alpha value is -1.19. The molecule has 3 heteroatoms. The summed E-state index contributed by atoms with van der Waals surface area (Å²) in [5.41, 5.74) is 3.39. The molecule has 0 aliphatic carbocycles. The lowest BCUT2D eigenvalue weighted by molar-refractivity contribution is -0.826. The van der Waals surface area contributed by atoms with E-state index in [9.17, 15) is 4.79 Å². The van der Waals surface area contributed by atoms with Gasteiger partial charge in [-0.1, -0.05) is 19.1 Å². The van der Waals surface area contributed by atoms with Gasteiger partial charge >= 0.3 is 0 Å². The van der Waals surface area contributed by atoms with Gasteiger partial charge < -0.3 is 0 Å². The zero-order valence-corrected chi connectivity index (χ0v) is 6.95. The van der Waals surface area contributed by atoms with Crippen LogP contribution in [0.3, 0.4) is 0 Å². The Balaban J connectivity index is 3.10. The zero-order valence-electron chi connectivity index (χ0n) is 6.95. The Bertz CT molecular complexity index is 284. The number of carbonyl (C=O) groups excluding carboxylic acids is 1. The van der Waals surface area contributed by atoms with E-state index in [2.05, 4.69) is 0 Å². The third kappa shape index (κ3) is 1.69. The first-order chi connectivity index (χ1) is 5.81. The summed E-state index contributed by atoms with van der Waals surface area (Å²) in [7, 11) is 0. The first-order valence-corrected chi connectivity index (χ1v) is 3.87. The van der Waals surface area contributed by atoms with Gasteiger partial charge in [0.15, 0.2) is 5.69 Å². The second-order valence-corrected chi connectivity index (χ2v) is 2.56. The van der Waals surface area contributed by atoms with Gasteiger partial charge in [-0.3, -0.25) is 4.79 Å². The van der Waals surface area contributed by atoms with Crippen molar-refractivity contribution in [3.8, 4) is 0 Å². The molecule has 0 fully saturated rings. The molecule has 0 amide bonds. The van der Waals surface area contributed by atoms with E-state index in [0.29, 0.717) is 5.56 Å². The van der Waals surface area contributed by atoms with Crippen LogP contribution in [0.5, 0.6) is 0 Å². The van der Waals surface area contributed by atoms with Crippen LogP contribution in [-0.4, -0.2) is 11.5 Å². The van der Waals surface area contributed by atoms with E-state index in [4.69, 9.17) is 5.21 Å². The van der Waals surface area contributed by atoms with Gasteiger partial charge in [-0.2, -0.15) is 5.48 Å². The van der Waals surface area contributed by atoms with Crippen LogP contribution >= 0.6 is 0 Å². The maximum Gasteiger partial charge on any atom is 0.165 e. The highest BCUT2D eigenvalue weighted by atomic mass is 16.5. The molecule has 64 valence electrons. The van der Waals surface area contributed by atoms with Crippen LogP contribution in [0.1, 0.15) is 22.8 Å². The lowest BCUT2D eigenvalue weighted by Gasteiger charge is -2.00. The van der Waals surface area contributed by atoms with Crippen molar-refractivity contribution >= 4 is 12.0 Å². The zero-order chi connectivity index (χ0) is 8.97. The van der Waals surface area contributed by atoms with Crippen LogP contribution in [-0.2, 0) is 6.42 Å². The Morgan fingerprint density at radius 3 is 2.83 bits per heavy atom. The first kappa shape index (κ1) is 8.90. The largest absolute Gasteiger partial charge is 0.298 e. The van der Waals surface area contributed by atoms with Crippen molar-refractivity contribution in [2.24, 2.45) is 0 Å². The Kier molecular flexibility index (Phi) is 2.96. The molecule has 0 spiro atoms. The number of aryl methyl sites for hydroxylation is 1. The molecule has 1 rings (SSSR count). The van der Waals surface area contributed by atoms with Gasteiger partial charge in [0.2, 0.25) is 0 Å². The van der Waals surface area contributed by atoms with Crippen LogP contribution in [0.15, 0.2) is 18.2 Å². The average Bonchev–Trinajstić information content (AvgIpc) is 2.16. The van der Waals surface area contributed by atoms with Gasteiger partial charge in [-0.05, 0) is 6.42 Å². The van der Waals surface area contributed by atoms with Crippen LogP contribution in [0.4, 0.5) is 5.69 Å². The number of carbonyl (C=O) groups is 1. The molecule has 12 heavy (non-hydrogen) atoms. The molecule has 1 aromatic rings. The van der Waals surface area contributed by atoms with E-state index in [1.54, 1.807) is 12.1 Å². The van der Waals surface area contributed by atoms with Crippen molar-refractivity contribution in [1.29, 1.82) is 0 Å². The van der Waals surface area contributed by atoms with Crippen LogP contribution < -0.4 is 5.48 Å². The number of benzene rings is 1. The molecule has 3 N–H and O–H groups in total. The number of aldehydes is 1. The minimum absolute atomic E-state index is 0.590. The second-order valence-electron chi connectivity index (χ2n) is 2.56. The maximum atomic E-state index is 10.4. The number of hydrogen-bond acceptors (Lipinski definition) is 2. The predicted molar refractivity (Wildman–Crippen MR) is 44.6 cm³/mol. The van der Waals surface area contributed by atoms with Crippen molar-refractivity contribution in [1.82, 2.24) is 0 Å². The van der Waals surface area contributed by atoms with E-state index in [-0.39, 0.29) is 0 Å². The van der Waals surface area contributed by atoms with Crippen LogP contribution in [0.25, 0.3) is 0 Å². The molecule has 0 heterocycles. The molecule has 0 saturated heterocycles. The van der Waals surface area contributed by atoms with Gasteiger partial charge in [-0.15, -0.1) is 0 Å². The van der Waals surface area contributed by atoms with Gasteiger partial charge in [0.1, 0.15) is 6.29 Å². The lowest BCUT2D eigenvalue weighted by Crippen LogP contribution is -2.74. The number of quaternary nitrogens is 1. The quantitative estimate of drug-likeness (QED) is 0.393. The molecule has 0 saturated carbocycles. The number of rotatable bonds is 3. The summed E-state index contributed by atoms with van der Waals surface area (Å²) in [6.45, 7) is 2.00. The Morgan fingerprint density at radius 2 is 2.33 bits per heavy atom. The molecule has 3 nitrogen and oxygen atoms in total. The number of hydrogen-bond donors (Lipinski definition) is 2. The minimum atomic E-state index is 0.590. The normalized spacial score (nSPS) is 9.83. The molecular formula is C9H12NO2+. The molecular weight excluding hydrogens is 154 g/mol. The maximum absolute atomic E-state index is 10.4. The fourth-order valence-corrected chi connectivity index (χ4v) is 1.13. The molecule has 0 aromatic heterocycles. The summed E-state index contributed by atoms with van der Waals surface area (Å²) < 4.78 is 0. The average molecular weight is 166 g/mol. The lowest BCUT2D eigenvalue weighted by atomic mass is 10.1. The summed E-state index contributed by atoms with van der Waals surface area (Å²) >= 11 is 0. The highest BCUT2D eigenvalue weighted by molar-refractivity contribution is 5.76. The van der Waals surface area contributed by atoms with Crippen molar-refractivity contribution in [3.05, 3.63) is 29.3 Å². The molecule has 0 atom stereocenters. The predicted octanol–water partition coefficient (Wildman–Crippen LogP) is 0.646. The summed E-state index contributed by atoms with van der Waals surface area (Å²) in [6, 6.07) is 5.27.